The summed E-state index contributed by atoms with van der Waals surface area (Å²) in [6.45, 7) is 3.26. The monoisotopic (exact) mass is 328 g/mol. The maximum absolute atomic E-state index is 12.5. The maximum Gasteiger partial charge on any atom is 0.255 e. The van der Waals surface area contributed by atoms with Crippen molar-refractivity contribution in [3.05, 3.63) is 47.5 Å². The summed E-state index contributed by atoms with van der Waals surface area (Å²) in [7, 11) is 3.05. The molecule has 126 valence electrons. The number of methoxy groups -OCH3 is 2. The maximum atomic E-state index is 12.5. The first-order chi connectivity index (χ1) is 11.4. The van der Waals surface area contributed by atoms with E-state index in [9.17, 15) is 9.59 Å². The molecule has 0 saturated heterocycles. The average molecular weight is 328 g/mol. The van der Waals surface area contributed by atoms with Gasteiger partial charge in [-0.25, -0.2) is 0 Å². The van der Waals surface area contributed by atoms with Gasteiger partial charge in [-0.2, -0.15) is 0 Å². The van der Waals surface area contributed by atoms with Crippen LogP contribution in [-0.2, 0) is 4.79 Å². The predicted octanol–water partition coefficient (Wildman–Crippen LogP) is 3.22. The van der Waals surface area contributed by atoms with Crippen molar-refractivity contribution in [2.45, 2.75) is 13.8 Å². The lowest BCUT2D eigenvalue weighted by Crippen LogP contribution is -2.14. The zero-order valence-corrected chi connectivity index (χ0v) is 14.1. The van der Waals surface area contributed by atoms with Gasteiger partial charge in [0.2, 0.25) is 5.91 Å². The third kappa shape index (κ3) is 4.04. The molecule has 0 atom stereocenters. The Kier molecular flexibility index (Phi) is 5.42. The lowest BCUT2D eigenvalue weighted by Gasteiger charge is -2.13. The second-order valence-electron chi connectivity index (χ2n) is 5.21. The SMILES string of the molecule is COc1cc(OC)cc(C(=O)Nc2cccc(NC(C)=O)c2C)c1. The molecule has 2 aromatic carbocycles. The normalized spacial score (nSPS) is 10.0. The molecule has 0 saturated carbocycles. The lowest BCUT2D eigenvalue weighted by molar-refractivity contribution is -0.114. The minimum absolute atomic E-state index is 0.167. The first-order valence-corrected chi connectivity index (χ1v) is 7.36. The third-order valence-corrected chi connectivity index (χ3v) is 3.51. The Hall–Kier alpha value is -3.02. The summed E-state index contributed by atoms with van der Waals surface area (Å²) in [4.78, 5) is 23.8. The molecule has 0 unspecified atom stereocenters. The number of amides is 2. The second-order valence-corrected chi connectivity index (χ2v) is 5.21. The topological polar surface area (TPSA) is 76.7 Å². The molecule has 2 rings (SSSR count). The van der Waals surface area contributed by atoms with Crippen molar-refractivity contribution in [3.8, 4) is 11.5 Å². The van der Waals surface area contributed by atoms with Gasteiger partial charge >= 0.3 is 0 Å². The Morgan fingerprint density at radius 3 is 1.96 bits per heavy atom. The highest BCUT2D eigenvalue weighted by atomic mass is 16.5. The lowest BCUT2D eigenvalue weighted by atomic mass is 10.1. The molecule has 2 aromatic rings. The number of nitrogens with one attached hydrogen (secondary N) is 2. The van der Waals surface area contributed by atoms with E-state index in [1.165, 1.54) is 21.1 Å². The van der Waals surface area contributed by atoms with E-state index < -0.39 is 0 Å². The predicted molar refractivity (Wildman–Crippen MR) is 93.0 cm³/mol. The van der Waals surface area contributed by atoms with Crippen molar-refractivity contribution in [2.75, 3.05) is 24.9 Å². The summed E-state index contributed by atoms with van der Waals surface area (Å²) in [5, 5.41) is 5.57. The summed E-state index contributed by atoms with van der Waals surface area (Å²) in [6, 6.07) is 10.3. The van der Waals surface area contributed by atoms with Crippen LogP contribution in [0.1, 0.15) is 22.8 Å². The van der Waals surface area contributed by atoms with Gasteiger partial charge in [0.1, 0.15) is 11.5 Å². The Morgan fingerprint density at radius 2 is 1.46 bits per heavy atom. The summed E-state index contributed by atoms with van der Waals surface area (Å²) < 4.78 is 10.4. The van der Waals surface area contributed by atoms with Crippen molar-refractivity contribution >= 4 is 23.2 Å². The van der Waals surface area contributed by atoms with Crippen LogP contribution in [0.5, 0.6) is 11.5 Å². The fourth-order valence-corrected chi connectivity index (χ4v) is 2.23. The molecule has 2 amide bonds. The fourth-order valence-electron chi connectivity index (χ4n) is 2.23. The van der Waals surface area contributed by atoms with Crippen LogP contribution in [0.4, 0.5) is 11.4 Å². The van der Waals surface area contributed by atoms with Crippen molar-refractivity contribution in [2.24, 2.45) is 0 Å². The van der Waals surface area contributed by atoms with Crippen LogP contribution in [0.25, 0.3) is 0 Å². The highest BCUT2D eigenvalue weighted by Crippen LogP contribution is 2.26. The van der Waals surface area contributed by atoms with Gasteiger partial charge in [0, 0.05) is 29.9 Å². The molecule has 0 bridgehead atoms. The van der Waals surface area contributed by atoms with E-state index in [4.69, 9.17) is 9.47 Å². The summed E-state index contributed by atoms with van der Waals surface area (Å²) in [6.07, 6.45) is 0. The van der Waals surface area contributed by atoms with Gasteiger partial charge in [-0.1, -0.05) is 6.07 Å². The van der Waals surface area contributed by atoms with Crippen LogP contribution < -0.4 is 20.1 Å². The first-order valence-electron chi connectivity index (χ1n) is 7.36. The zero-order valence-electron chi connectivity index (χ0n) is 14.1. The number of anilines is 2. The van der Waals surface area contributed by atoms with Gasteiger partial charge in [0.25, 0.3) is 5.91 Å². The fraction of sp³-hybridized carbons (Fsp3) is 0.222. The number of hydrogen-bond acceptors (Lipinski definition) is 4. The number of carbonyl (C=O) groups excluding carboxylic acids is 2. The second kappa shape index (κ2) is 7.50. The van der Waals surface area contributed by atoms with Crippen molar-refractivity contribution in [1.82, 2.24) is 0 Å². The van der Waals surface area contributed by atoms with Crippen LogP contribution in [0, 0.1) is 6.92 Å². The summed E-state index contributed by atoms with van der Waals surface area (Å²) in [5.74, 6) is 0.598. The molecule has 0 heterocycles. The molecule has 0 aromatic heterocycles. The third-order valence-electron chi connectivity index (χ3n) is 3.51. The summed E-state index contributed by atoms with van der Waals surface area (Å²) >= 11 is 0. The minimum atomic E-state index is -0.296. The van der Waals surface area contributed by atoms with E-state index in [1.54, 1.807) is 36.4 Å². The molecule has 0 aliphatic carbocycles. The van der Waals surface area contributed by atoms with Crippen molar-refractivity contribution < 1.29 is 19.1 Å². The quantitative estimate of drug-likeness (QED) is 0.883. The molecule has 0 spiro atoms. The van der Waals surface area contributed by atoms with Crippen LogP contribution in [-0.4, -0.2) is 26.0 Å². The van der Waals surface area contributed by atoms with Crippen molar-refractivity contribution in [3.63, 3.8) is 0 Å². The van der Waals surface area contributed by atoms with Crippen molar-refractivity contribution in [1.29, 1.82) is 0 Å². The van der Waals surface area contributed by atoms with E-state index in [-0.39, 0.29) is 11.8 Å². The molecule has 0 aliphatic heterocycles. The van der Waals surface area contributed by atoms with Gasteiger partial charge in [-0.3, -0.25) is 9.59 Å². The van der Waals surface area contributed by atoms with Crippen LogP contribution in [0.15, 0.2) is 36.4 Å². The van der Waals surface area contributed by atoms with Crippen LogP contribution in [0.2, 0.25) is 0 Å². The highest BCUT2D eigenvalue weighted by Gasteiger charge is 2.13. The number of carbonyl (C=O) groups is 2. The van der Waals surface area contributed by atoms with E-state index in [0.29, 0.717) is 28.4 Å². The van der Waals surface area contributed by atoms with Crippen LogP contribution in [0.3, 0.4) is 0 Å². The Morgan fingerprint density at radius 1 is 0.917 bits per heavy atom. The van der Waals surface area contributed by atoms with Gasteiger partial charge in [-0.05, 0) is 36.8 Å². The molecule has 6 heteroatoms. The Bertz CT molecular complexity index is 749. The minimum Gasteiger partial charge on any atom is -0.497 e. The van der Waals surface area contributed by atoms with E-state index in [1.807, 2.05) is 6.92 Å². The van der Waals surface area contributed by atoms with E-state index in [0.717, 1.165) is 5.56 Å². The van der Waals surface area contributed by atoms with E-state index in [2.05, 4.69) is 10.6 Å². The smallest absolute Gasteiger partial charge is 0.255 e. The molecular formula is C18H20N2O4. The molecule has 2 N–H and O–H groups in total. The molecule has 6 nitrogen and oxygen atoms in total. The molecule has 0 fully saturated rings. The molecule has 0 aliphatic rings. The number of rotatable bonds is 5. The average Bonchev–Trinajstić information content (AvgIpc) is 2.57. The van der Waals surface area contributed by atoms with Gasteiger partial charge in [0.15, 0.2) is 0 Å². The standard InChI is InChI=1S/C18H20N2O4/c1-11-16(19-12(2)21)6-5-7-17(11)20-18(22)13-8-14(23-3)10-15(9-13)24-4/h5-10H,1-4H3,(H,19,21)(H,20,22). The highest BCUT2D eigenvalue weighted by molar-refractivity contribution is 6.05. The largest absolute Gasteiger partial charge is 0.497 e. The molecule has 24 heavy (non-hydrogen) atoms. The van der Waals surface area contributed by atoms with Gasteiger partial charge < -0.3 is 20.1 Å². The molecule has 0 radical (unpaired) electrons. The summed E-state index contributed by atoms with van der Waals surface area (Å²) in [5.41, 5.74) is 2.46. The zero-order chi connectivity index (χ0) is 17.7. The van der Waals surface area contributed by atoms with Gasteiger partial charge in [0.05, 0.1) is 14.2 Å². The number of ether oxygens (including phenoxy) is 2. The number of benzene rings is 2. The number of hydrogen-bond donors (Lipinski definition) is 2. The first kappa shape index (κ1) is 17.3. The van der Waals surface area contributed by atoms with Gasteiger partial charge in [-0.15, -0.1) is 0 Å². The Labute approximate surface area is 140 Å². The molecular weight excluding hydrogens is 308 g/mol. The Balaban J connectivity index is 2.28. The van der Waals surface area contributed by atoms with E-state index >= 15 is 0 Å². The van der Waals surface area contributed by atoms with Crippen LogP contribution >= 0.6 is 0 Å².